The largest absolute Gasteiger partial charge is 0.355 e. The number of amides is 3. The summed E-state index contributed by atoms with van der Waals surface area (Å²) in [5.41, 5.74) is 11.1. The number of nitrogens with two attached hydrogens (primary N) is 2. The first-order chi connectivity index (χ1) is 28.5. The van der Waals surface area contributed by atoms with Crippen molar-refractivity contribution in [2.75, 3.05) is 50.8 Å². The Morgan fingerprint density at radius 2 is 0.828 bits per heavy atom. The van der Waals surface area contributed by atoms with E-state index < -0.39 is 0 Å². The Morgan fingerprint density at radius 3 is 1.19 bits per heavy atom. The zero-order valence-corrected chi connectivity index (χ0v) is 39.5. The third-order valence-corrected chi connectivity index (χ3v) is 12.8. The molecular weight excluding hydrogens is 739 g/mol. The van der Waals surface area contributed by atoms with Gasteiger partial charge in [0, 0.05) is 69.5 Å². The summed E-state index contributed by atoms with van der Waals surface area (Å²) in [6.45, 7) is 7.94. The predicted molar refractivity (Wildman–Crippen MR) is 254 cm³/mol. The number of nitrogens with zero attached hydrogens (tertiary/aromatic N) is 1. The van der Waals surface area contributed by atoms with Crippen LogP contribution in [-0.2, 0) is 14.4 Å². The average Bonchev–Trinajstić information content (AvgIpc) is 3.23. The van der Waals surface area contributed by atoms with Gasteiger partial charge in [0.15, 0.2) is 0 Å². The lowest BCUT2D eigenvalue weighted by molar-refractivity contribution is -0.131. The molecule has 9 heteroatoms. The maximum absolute atomic E-state index is 13.5. The first-order valence-electron chi connectivity index (χ1n) is 25.3. The van der Waals surface area contributed by atoms with Gasteiger partial charge in [-0.2, -0.15) is 11.8 Å². The maximum atomic E-state index is 13.5. The second-order valence-corrected chi connectivity index (χ2v) is 18.4. The predicted octanol–water partition coefficient (Wildman–Crippen LogP) is 12.0. The number of hydrogen-bond donors (Lipinski definition) is 4. The van der Waals surface area contributed by atoms with Gasteiger partial charge in [0.25, 0.3) is 0 Å². The third-order valence-electron chi connectivity index (χ3n) is 11.7. The first kappa shape index (κ1) is 56.7. The lowest BCUT2D eigenvalue weighted by Gasteiger charge is -2.23. The van der Waals surface area contributed by atoms with E-state index in [4.69, 9.17) is 11.5 Å². The van der Waals surface area contributed by atoms with Gasteiger partial charge in [0.05, 0.1) is 0 Å². The van der Waals surface area contributed by atoms with Crippen molar-refractivity contribution in [1.29, 1.82) is 0 Å². The summed E-state index contributed by atoms with van der Waals surface area (Å²) in [6, 6.07) is 0. The van der Waals surface area contributed by atoms with Crippen LogP contribution >= 0.6 is 11.8 Å². The lowest BCUT2D eigenvalue weighted by Crippen LogP contribution is -2.36. The number of hydrogen-bond acceptors (Lipinski definition) is 6. The molecule has 0 aromatic carbocycles. The zero-order valence-electron chi connectivity index (χ0n) is 38.7. The average molecular weight is 838 g/mol. The Morgan fingerprint density at radius 1 is 0.483 bits per heavy atom. The molecule has 0 fully saturated rings. The van der Waals surface area contributed by atoms with Crippen molar-refractivity contribution in [3.8, 4) is 0 Å². The van der Waals surface area contributed by atoms with Crippen molar-refractivity contribution in [1.82, 2.24) is 15.5 Å². The molecule has 0 aromatic heterocycles. The summed E-state index contributed by atoms with van der Waals surface area (Å²) in [4.78, 5) is 40.6. The van der Waals surface area contributed by atoms with Gasteiger partial charge in [-0.25, -0.2) is 0 Å². The Hall–Kier alpha value is -1.32. The van der Waals surface area contributed by atoms with Crippen molar-refractivity contribution < 1.29 is 14.4 Å². The topological polar surface area (TPSA) is 131 Å². The minimum Gasteiger partial charge on any atom is -0.355 e. The van der Waals surface area contributed by atoms with Crippen molar-refractivity contribution in [3.63, 3.8) is 0 Å². The molecule has 6 N–H and O–H groups in total. The van der Waals surface area contributed by atoms with E-state index in [1.165, 1.54) is 193 Å². The Balaban J connectivity index is 4.53. The summed E-state index contributed by atoms with van der Waals surface area (Å²) in [5.74, 6) is 1.09. The fraction of sp³-hybridized carbons (Fsp3) is 0.939. The molecule has 1 unspecified atom stereocenters. The Kier molecular flexibility index (Phi) is 45.7. The summed E-state index contributed by atoms with van der Waals surface area (Å²) in [5, 5.41) is 5.68. The monoisotopic (exact) mass is 838 g/mol. The molecule has 1 atom stereocenters. The summed E-state index contributed by atoms with van der Waals surface area (Å²) in [6.07, 6.45) is 44.5. The van der Waals surface area contributed by atoms with Crippen molar-refractivity contribution >= 4 is 29.5 Å². The van der Waals surface area contributed by atoms with Crippen LogP contribution in [-0.4, -0.2) is 73.4 Å². The number of rotatable bonds is 47. The maximum Gasteiger partial charge on any atom is 0.224 e. The molecule has 0 aliphatic heterocycles. The quantitative estimate of drug-likeness (QED) is 0.0452. The van der Waals surface area contributed by atoms with Crippen LogP contribution in [0.5, 0.6) is 0 Å². The van der Waals surface area contributed by atoms with E-state index in [-0.39, 0.29) is 30.1 Å². The second-order valence-electron chi connectivity index (χ2n) is 17.3. The number of carbonyl (C=O) groups excluding carboxylic acids is 3. The molecule has 0 heterocycles. The van der Waals surface area contributed by atoms with Crippen molar-refractivity contribution in [2.45, 2.75) is 239 Å². The highest BCUT2D eigenvalue weighted by atomic mass is 32.2. The first-order valence-corrected chi connectivity index (χ1v) is 26.5. The standard InChI is InChI=1S/C49H99N5O3S/c1-3-5-7-9-11-13-15-17-19-21-23-25-27-29-31-33-42-54(43-34-32-30-28-26-24-22-20-18-16-14-12-10-8-6-4-2)48(56)37-44-58-45-46(49(57)53-41-39-51)35-36-47(55)52-40-38-50/h46H,3-45,50-51H2,1-2H3,(H,52,55)(H,53,57). The normalized spacial score (nSPS) is 11.9. The second kappa shape index (κ2) is 46.7. The van der Waals surface area contributed by atoms with Crippen molar-refractivity contribution in [2.24, 2.45) is 17.4 Å². The van der Waals surface area contributed by atoms with Gasteiger partial charge in [-0.15, -0.1) is 0 Å². The van der Waals surface area contributed by atoms with E-state index in [1.54, 1.807) is 11.8 Å². The molecule has 8 nitrogen and oxygen atoms in total. The minimum absolute atomic E-state index is 0.0653. The Labute approximate surface area is 364 Å². The molecule has 0 rings (SSSR count). The molecule has 0 aliphatic carbocycles. The van der Waals surface area contributed by atoms with E-state index in [0.29, 0.717) is 50.5 Å². The summed E-state index contributed by atoms with van der Waals surface area (Å²) in [7, 11) is 0. The van der Waals surface area contributed by atoms with E-state index in [9.17, 15) is 14.4 Å². The highest BCUT2D eigenvalue weighted by Crippen LogP contribution is 2.19. The molecule has 58 heavy (non-hydrogen) atoms. The van der Waals surface area contributed by atoms with Crippen LogP contribution in [0.15, 0.2) is 0 Å². The van der Waals surface area contributed by atoms with Gasteiger partial charge in [-0.3, -0.25) is 14.4 Å². The molecule has 0 bridgehead atoms. The molecule has 344 valence electrons. The van der Waals surface area contributed by atoms with E-state index >= 15 is 0 Å². The number of thioether (sulfide) groups is 1. The molecule has 0 radical (unpaired) electrons. The van der Waals surface area contributed by atoms with Gasteiger partial charge in [-0.1, -0.05) is 206 Å². The van der Waals surface area contributed by atoms with Crippen LogP contribution in [0.4, 0.5) is 0 Å². The fourth-order valence-corrected chi connectivity index (χ4v) is 8.93. The number of unbranched alkanes of at least 4 members (excludes halogenated alkanes) is 30. The SMILES string of the molecule is CCCCCCCCCCCCCCCCCCN(CCCCCCCCCCCCCCCCCC)C(=O)CCSCC(CCC(=O)NCCN)C(=O)NCCN. The molecule has 0 saturated heterocycles. The summed E-state index contributed by atoms with van der Waals surface area (Å²) < 4.78 is 0. The lowest BCUT2D eigenvalue weighted by atomic mass is 10.0. The Bertz CT molecular complexity index is 858. The van der Waals surface area contributed by atoms with Gasteiger partial charge in [-0.05, 0) is 19.3 Å². The van der Waals surface area contributed by atoms with Crippen LogP contribution < -0.4 is 22.1 Å². The number of carbonyl (C=O) groups is 3. The molecule has 0 aromatic rings. The molecule has 0 saturated carbocycles. The molecule has 0 spiro atoms. The smallest absolute Gasteiger partial charge is 0.224 e. The molecule has 3 amide bonds. The van der Waals surface area contributed by atoms with Crippen LogP contribution in [0, 0.1) is 5.92 Å². The van der Waals surface area contributed by atoms with Crippen LogP contribution in [0.25, 0.3) is 0 Å². The van der Waals surface area contributed by atoms with Crippen LogP contribution in [0.1, 0.15) is 239 Å². The van der Waals surface area contributed by atoms with Crippen LogP contribution in [0.3, 0.4) is 0 Å². The van der Waals surface area contributed by atoms with Gasteiger partial charge in [0.1, 0.15) is 0 Å². The van der Waals surface area contributed by atoms with E-state index in [2.05, 4.69) is 29.4 Å². The summed E-state index contributed by atoms with van der Waals surface area (Å²) >= 11 is 1.65. The zero-order chi connectivity index (χ0) is 42.4. The number of nitrogens with one attached hydrogen (secondary N) is 2. The molecular formula is C49H99N5O3S. The van der Waals surface area contributed by atoms with Crippen LogP contribution in [0.2, 0.25) is 0 Å². The van der Waals surface area contributed by atoms with Gasteiger partial charge >= 0.3 is 0 Å². The highest BCUT2D eigenvalue weighted by Gasteiger charge is 2.20. The third kappa shape index (κ3) is 40.1. The van der Waals surface area contributed by atoms with Crippen molar-refractivity contribution in [3.05, 3.63) is 0 Å². The fourth-order valence-electron chi connectivity index (χ4n) is 7.84. The van der Waals surface area contributed by atoms with E-state index in [0.717, 1.165) is 25.9 Å². The highest BCUT2D eigenvalue weighted by molar-refractivity contribution is 7.99. The molecule has 0 aliphatic rings. The van der Waals surface area contributed by atoms with E-state index in [1.807, 2.05) is 0 Å². The van der Waals surface area contributed by atoms with Gasteiger partial charge < -0.3 is 27.0 Å². The minimum atomic E-state index is -0.290. The van der Waals surface area contributed by atoms with Gasteiger partial charge in [0.2, 0.25) is 17.7 Å².